The first-order valence-electron chi connectivity index (χ1n) is 8.04. The Labute approximate surface area is 142 Å². The van der Waals surface area contributed by atoms with E-state index in [1.807, 2.05) is 30.0 Å². The maximum absolute atomic E-state index is 12.2. The van der Waals surface area contributed by atoms with Gasteiger partial charge in [-0.25, -0.2) is 4.98 Å². The van der Waals surface area contributed by atoms with E-state index in [1.54, 1.807) is 19.5 Å². The van der Waals surface area contributed by atoms with Crippen LogP contribution in [0, 0.1) is 6.92 Å². The standard InChI is InChI=1S/C18H22N4O2/c1-14-3-4-16-12-21(17(23)13-24-2)9-10-22(18(16)20-14)11-15-5-7-19-8-6-15/h3-8H,9-13H2,1-2H3. The van der Waals surface area contributed by atoms with Gasteiger partial charge in [-0.15, -0.1) is 0 Å². The summed E-state index contributed by atoms with van der Waals surface area (Å²) in [7, 11) is 1.55. The third-order valence-electron chi connectivity index (χ3n) is 4.14. The average Bonchev–Trinajstić information content (AvgIpc) is 2.76. The summed E-state index contributed by atoms with van der Waals surface area (Å²) in [5.74, 6) is 0.967. The van der Waals surface area contributed by atoms with Gasteiger partial charge >= 0.3 is 0 Å². The SMILES string of the molecule is COCC(=O)N1CCN(Cc2ccncc2)c2nc(C)ccc2C1. The van der Waals surface area contributed by atoms with Crippen molar-refractivity contribution in [2.75, 3.05) is 31.7 Å². The molecule has 0 atom stereocenters. The number of fused-ring (bicyclic) bond motifs is 1. The van der Waals surface area contributed by atoms with Crippen molar-refractivity contribution >= 4 is 11.7 Å². The van der Waals surface area contributed by atoms with Crippen LogP contribution in [0.25, 0.3) is 0 Å². The summed E-state index contributed by atoms with van der Waals surface area (Å²) >= 11 is 0. The molecular weight excluding hydrogens is 304 g/mol. The number of rotatable bonds is 4. The van der Waals surface area contributed by atoms with E-state index < -0.39 is 0 Å². The molecule has 3 rings (SSSR count). The molecule has 0 N–H and O–H groups in total. The Bertz CT molecular complexity index is 705. The lowest BCUT2D eigenvalue weighted by atomic mass is 10.2. The average molecular weight is 326 g/mol. The summed E-state index contributed by atoms with van der Waals surface area (Å²) in [6, 6.07) is 8.08. The molecular formula is C18H22N4O2. The highest BCUT2D eigenvalue weighted by Gasteiger charge is 2.24. The molecule has 0 unspecified atom stereocenters. The molecule has 2 aromatic rings. The van der Waals surface area contributed by atoms with Gasteiger partial charge in [0.25, 0.3) is 0 Å². The van der Waals surface area contributed by atoms with Crippen LogP contribution < -0.4 is 4.90 Å². The maximum atomic E-state index is 12.2. The molecule has 24 heavy (non-hydrogen) atoms. The molecule has 0 saturated carbocycles. The van der Waals surface area contributed by atoms with Crippen molar-refractivity contribution in [2.45, 2.75) is 20.0 Å². The van der Waals surface area contributed by atoms with Gasteiger partial charge in [-0.3, -0.25) is 9.78 Å². The predicted octanol–water partition coefficient (Wildman–Crippen LogP) is 1.78. The van der Waals surface area contributed by atoms with Gasteiger partial charge in [0, 0.05) is 56.9 Å². The minimum absolute atomic E-state index is 0.00906. The second kappa shape index (κ2) is 7.40. The summed E-state index contributed by atoms with van der Waals surface area (Å²) in [4.78, 5) is 25.1. The van der Waals surface area contributed by atoms with Crippen molar-refractivity contribution in [1.82, 2.24) is 14.9 Å². The van der Waals surface area contributed by atoms with Crippen LogP contribution in [0.4, 0.5) is 5.82 Å². The number of ether oxygens (including phenoxy) is 1. The Balaban J connectivity index is 1.88. The van der Waals surface area contributed by atoms with E-state index in [0.29, 0.717) is 13.1 Å². The monoisotopic (exact) mass is 326 g/mol. The quantitative estimate of drug-likeness (QED) is 0.857. The molecule has 126 valence electrons. The van der Waals surface area contributed by atoms with E-state index in [2.05, 4.69) is 16.0 Å². The predicted molar refractivity (Wildman–Crippen MR) is 91.6 cm³/mol. The van der Waals surface area contributed by atoms with Crippen LogP contribution in [0.2, 0.25) is 0 Å². The molecule has 1 amide bonds. The second-order valence-electron chi connectivity index (χ2n) is 5.96. The van der Waals surface area contributed by atoms with Gasteiger partial charge in [-0.2, -0.15) is 0 Å². The van der Waals surface area contributed by atoms with Gasteiger partial charge in [-0.05, 0) is 30.7 Å². The largest absolute Gasteiger partial charge is 0.375 e. The fourth-order valence-electron chi connectivity index (χ4n) is 2.89. The fraction of sp³-hybridized carbons (Fsp3) is 0.389. The Morgan fingerprint density at radius 1 is 1.21 bits per heavy atom. The first-order valence-corrected chi connectivity index (χ1v) is 8.04. The highest BCUT2D eigenvalue weighted by atomic mass is 16.5. The zero-order chi connectivity index (χ0) is 16.9. The number of carbonyl (C=O) groups excluding carboxylic acids is 1. The van der Waals surface area contributed by atoms with E-state index in [1.165, 1.54) is 5.56 Å². The molecule has 0 radical (unpaired) electrons. The van der Waals surface area contributed by atoms with Gasteiger partial charge in [0.1, 0.15) is 12.4 Å². The summed E-state index contributed by atoms with van der Waals surface area (Å²) in [5.41, 5.74) is 3.22. The molecule has 1 aliphatic rings. The number of amides is 1. The number of aryl methyl sites for hydroxylation is 1. The molecule has 2 aromatic heterocycles. The Kier molecular flexibility index (Phi) is 5.05. The van der Waals surface area contributed by atoms with Crippen LogP contribution in [-0.2, 0) is 22.6 Å². The van der Waals surface area contributed by atoms with E-state index >= 15 is 0 Å². The molecule has 0 fully saturated rings. The second-order valence-corrected chi connectivity index (χ2v) is 5.96. The summed E-state index contributed by atoms with van der Waals surface area (Å²) < 4.78 is 5.00. The minimum atomic E-state index is 0.00906. The van der Waals surface area contributed by atoms with Crippen molar-refractivity contribution < 1.29 is 9.53 Å². The molecule has 0 bridgehead atoms. The number of hydrogen-bond donors (Lipinski definition) is 0. The molecule has 6 nitrogen and oxygen atoms in total. The summed E-state index contributed by atoms with van der Waals surface area (Å²) in [5, 5.41) is 0. The van der Waals surface area contributed by atoms with Crippen molar-refractivity contribution in [2.24, 2.45) is 0 Å². The molecule has 1 aliphatic heterocycles. The van der Waals surface area contributed by atoms with Gasteiger partial charge in [-0.1, -0.05) is 6.07 Å². The Morgan fingerprint density at radius 3 is 2.75 bits per heavy atom. The number of anilines is 1. The number of carbonyl (C=O) groups is 1. The van der Waals surface area contributed by atoms with Crippen LogP contribution in [-0.4, -0.2) is 47.6 Å². The van der Waals surface area contributed by atoms with Gasteiger partial charge < -0.3 is 14.5 Å². The van der Waals surface area contributed by atoms with Crippen LogP contribution in [0.1, 0.15) is 16.8 Å². The first-order chi connectivity index (χ1) is 11.7. The number of hydrogen-bond acceptors (Lipinski definition) is 5. The van der Waals surface area contributed by atoms with Crippen LogP contribution in [0.15, 0.2) is 36.7 Å². The number of methoxy groups -OCH3 is 1. The molecule has 0 aliphatic carbocycles. The topological polar surface area (TPSA) is 58.6 Å². The third-order valence-corrected chi connectivity index (χ3v) is 4.14. The number of nitrogens with zero attached hydrogens (tertiary/aromatic N) is 4. The lowest BCUT2D eigenvalue weighted by Gasteiger charge is -2.24. The molecule has 0 aromatic carbocycles. The summed E-state index contributed by atoms with van der Waals surface area (Å²) in [6.07, 6.45) is 3.60. The highest BCUT2D eigenvalue weighted by Crippen LogP contribution is 2.25. The van der Waals surface area contributed by atoms with E-state index in [-0.39, 0.29) is 12.5 Å². The first kappa shape index (κ1) is 16.4. The smallest absolute Gasteiger partial charge is 0.248 e. The maximum Gasteiger partial charge on any atom is 0.248 e. The minimum Gasteiger partial charge on any atom is -0.375 e. The van der Waals surface area contributed by atoms with E-state index in [4.69, 9.17) is 9.72 Å². The van der Waals surface area contributed by atoms with Gasteiger partial charge in [0.2, 0.25) is 5.91 Å². The highest BCUT2D eigenvalue weighted by molar-refractivity contribution is 5.78. The molecule has 6 heteroatoms. The van der Waals surface area contributed by atoms with E-state index in [9.17, 15) is 4.79 Å². The fourth-order valence-corrected chi connectivity index (χ4v) is 2.89. The van der Waals surface area contributed by atoms with Gasteiger partial charge in [0.15, 0.2) is 0 Å². The van der Waals surface area contributed by atoms with Crippen molar-refractivity contribution in [1.29, 1.82) is 0 Å². The zero-order valence-electron chi connectivity index (χ0n) is 14.1. The molecule has 0 spiro atoms. The Hall–Kier alpha value is -2.47. The molecule has 0 saturated heterocycles. The van der Waals surface area contributed by atoms with Crippen molar-refractivity contribution in [3.63, 3.8) is 0 Å². The number of pyridine rings is 2. The van der Waals surface area contributed by atoms with Crippen molar-refractivity contribution in [3.8, 4) is 0 Å². The third kappa shape index (κ3) is 3.71. The van der Waals surface area contributed by atoms with Gasteiger partial charge in [0.05, 0.1) is 0 Å². The van der Waals surface area contributed by atoms with Crippen LogP contribution in [0.3, 0.4) is 0 Å². The normalized spacial score (nSPS) is 14.2. The van der Waals surface area contributed by atoms with Crippen molar-refractivity contribution in [3.05, 3.63) is 53.5 Å². The van der Waals surface area contributed by atoms with Crippen LogP contribution in [0.5, 0.6) is 0 Å². The number of aromatic nitrogens is 2. The lowest BCUT2D eigenvalue weighted by Crippen LogP contribution is -2.37. The Morgan fingerprint density at radius 2 is 2.00 bits per heavy atom. The molecule has 3 heterocycles. The summed E-state index contributed by atoms with van der Waals surface area (Å²) in [6.45, 7) is 4.81. The lowest BCUT2D eigenvalue weighted by molar-refractivity contribution is -0.135. The van der Waals surface area contributed by atoms with E-state index in [0.717, 1.165) is 30.2 Å². The van der Waals surface area contributed by atoms with Crippen LogP contribution >= 0.6 is 0 Å². The zero-order valence-corrected chi connectivity index (χ0v) is 14.1.